The molecule has 0 saturated heterocycles. The standard InChI is InChI=1S/C37H25N3/c38-26-27-20-22-31(23-21-27)39(29-14-6-2-7-15-29)36-25-34-32-18-10-11-19-35(32)40(30-16-8-3-9-17-30)37(34)24-33(36)28-12-4-1-5-13-28/h1-25H. The van der Waals surface area contributed by atoms with E-state index >= 15 is 0 Å². The number of aromatic nitrogens is 1. The van der Waals surface area contributed by atoms with Gasteiger partial charge in [-0.05, 0) is 72.3 Å². The van der Waals surface area contributed by atoms with Crippen molar-refractivity contribution in [1.29, 1.82) is 5.26 Å². The highest BCUT2D eigenvalue weighted by molar-refractivity contribution is 6.13. The van der Waals surface area contributed by atoms with Crippen molar-refractivity contribution < 1.29 is 0 Å². The van der Waals surface area contributed by atoms with Crippen LogP contribution in [0, 0.1) is 11.3 Å². The fourth-order valence-electron chi connectivity index (χ4n) is 5.58. The highest BCUT2D eigenvalue weighted by Gasteiger charge is 2.21. The van der Waals surface area contributed by atoms with Gasteiger partial charge >= 0.3 is 0 Å². The quantitative estimate of drug-likeness (QED) is 0.230. The van der Waals surface area contributed by atoms with Crippen molar-refractivity contribution in [2.75, 3.05) is 4.90 Å². The summed E-state index contributed by atoms with van der Waals surface area (Å²) in [6.45, 7) is 0. The second-order valence-corrected chi connectivity index (χ2v) is 9.77. The van der Waals surface area contributed by atoms with Gasteiger partial charge in [-0.3, -0.25) is 0 Å². The first kappa shape index (κ1) is 23.5. The maximum absolute atomic E-state index is 9.44. The maximum atomic E-state index is 9.44. The zero-order valence-electron chi connectivity index (χ0n) is 21.8. The number of nitriles is 1. The van der Waals surface area contributed by atoms with Gasteiger partial charge in [-0.15, -0.1) is 0 Å². The molecule has 0 N–H and O–H groups in total. The molecule has 1 heterocycles. The summed E-state index contributed by atoms with van der Waals surface area (Å²) in [5.74, 6) is 0. The Hall–Kier alpha value is -5.59. The van der Waals surface area contributed by atoms with Crippen LogP contribution in [0.15, 0.2) is 152 Å². The minimum Gasteiger partial charge on any atom is -0.310 e. The van der Waals surface area contributed by atoms with Gasteiger partial charge in [0.15, 0.2) is 0 Å². The third-order valence-corrected chi connectivity index (χ3v) is 7.40. The molecule has 0 atom stereocenters. The smallest absolute Gasteiger partial charge is 0.0991 e. The summed E-state index contributed by atoms with van der Waals surface area (Å²) in [5, 5.41) is 11.8. The number of fused-ring (bicyclic) bond motifs is 3. The largest absolute Gasteiger partial charge is 0.310 e. The molecule has 0 fully saturated rings. The number of hydrogen-bond acceptors (Lipinski definition) is 2. The average molecular weight is 512 g/mol. The van der Waals surface area contributed by atoms with Gasteiger partial charge in [0.05, 0.1) is 28.4 Å². The molecule has 7 rings (SSSR count). The summed E-state index contributed by atoms with van der Waals surface area (Å²) in [4.78, 5) is 2.29. The van der Waals surface area contributed by atoms with Gasteiger partial charge in [-0.25, -0.2) is 0 Å². The Morgan fingerprint density at radius 1 is 0.525 bits per heavy atom. The Morgan fingerprint density at radius 3 is 1.82 bits per heavy atom. The number of rotatable bonds is 5. The SMILES string of the molecule is N#Cc1ccc(N(c2ccccc2)c2cc3c4ccccc4n(-c4ccccc4)c3cc2-c2ccccc2)cc1. The molecule has 40 heavy (non-hydrogen) atoms. The number of benzene rings is 6. The van der Waals surface area contributed by atoms with Crippen LogP contribution >= 0.6 is 0 Å². The Bertz CT molecular complexity index is 1980. The average Bonchev–Trinajstić information content (AvgIpc) is 3.36. The van der Waals surface area contributed by atoms with E-state index in [0.717, 1.165) is 39.4 Å². The summed E-state index contributed by atoms with van der Waals surface area (Å²) < 4.78 is 2.36. The molecule has 0 saturated carbocycles. The fourth-order valence-corrected chi connectivity index (χ4v) is 5.58. The third kappa shape index (κ3) is 4.00. The first-order valence-electron chi connectivity index (χ1n) is 13.4. The molecular weight excluding hydrogens is 486 g/mol. The zero-order chi connectivity index (χ0) is 26.9. The predicted octanol–water partition coefficient (Wildman–Crippen LogP) is 9.79. The van der Waals surface area contributed by atoms with Gasteiger partial charge in [0.1, 0.15) is 0 Å². The maximum Gasteiger partial charge on any atom is 0.0991 e. The molecule has 3 nitrogen and oxygen atoms in total. The van der Waals surface area contributed by atoms with Crippen LogP contribution in [0.25, 0.3) is 38.6 Å². The van der Waals surface area contributed by atoms with Crippen LogP contribution in [0.3, 0.4) is 0 Å². The van der Waals surface area contributed by atoms with Gasteiger partial charge in [0.25, 0.3) is 0 Å². The molecule has 7 aromatic rings. The van der Waals surface area contributed by atoms with Crippen molar-refractivity contribution in [3.8, 4) is 22.9 Å². The molecular formula is C37H25N3. The van der Waals surface area contributed by atoms with Crippen molar-refractivity contribution in [3.05, 3.63) is 157 Å². The summed E-state index contributed by atoms with van der Waals surface area (Å²) >= 11 is 0. The van der Waals surface area contributed by atoms with Crippen molar-refractivity contribution in [2.45, 2.75) is 0 Å². The third-order valence-electron chi connectivity index (χ3n) is 7.40. The second kappa shape index (κ2) is 9.94. The van der Waals surface area contributed by atoms with Crippen LogP contribution in [-0.4, -0.2) is 4.57 Å². The lowest BCUT2D eigenvalue weighted by atomic mass is 9.99. The molecule has 6 aromatic carbocycles. The van der Waals surface area contributed by atoms with Crippen molar-refractivity contribution in [3.63, 3.8) is 0 Å². The Labute approximate surface area is 233 Å². The molecule has 0 spiro atoms. The molecule has 0 bridgehead atoms. The lowest BCUT2D eigenvalue weighted by molar-refractivity contribution is 1.18. The fraction of sp³-hybridized carbons (Fsp3) is 0. The van der Waals surface area contributed by atoms with Crippen LogP contribution < -0.4 is 4.90 Å². The van der Waals surface area contributed by atoms with E-state index in [1.165, 1.54) is 16.3 Å². The Kier molecular flexibility index (Phi) is 5.85. The summed E-state index contributed by atoms with van der Waals surface area (Å²) in [6.07, 6.45) is 0. The molecule has 0 aliphatic rings. The number of hydrogen-bond donors (Lipinski definition) is 0. The van der Waals surface area contributed by atoms with Crippen LogP contribution in [0.4, 0.5) is 17.1 Å². The van der Waals surface area contributed by atoms with Crippen LogP contribution in [0.2, 0.25) is 0 Å². The zero-order valence-corrected chi connectivity index (χ0v) is 21.8. The number of para-hydroxylation sites is 3. The topological polar surface area (TPSA) is 32.0 Å². The Morgan fingerprint density at radius 2 is 1.12 bits per heavy atom. The van der Waals surface area contributed by atoms with E-state index < -0.39 is 0 Å². The van der Waals surface area contributed by atoms with E-state index in [2.05, 4.69) is 137 Å². The van der Waals surface area contributed by atoms with Crippen molar-refractivity contribution >= 4 is 38.9 Å². The highest BCUT2D eigenvalue weighted by atomic mass is 15.1. The van der Waals surface area contributed by atoms with Crippen LogP contribution in [-0.2, 0) is 0 Å². The molecule has 188 valence electrons. The van der Waals surface area contributed by atoms with Gasteiger partial charge in [-0.1, -0.05) is 84.9 Å². The second-order valence-electron chi connectivity index (χ2n) is 9.77. The summed E-state index contributed by atoms with van der Waals surface area (Å²) in [5.41, 5.74) is 9.48. The minimum absolute atomic E-state index is 0.640. The first-order chi connectivity index (χ1) is 19.8. The monoisotopic (exact) mass is 511 g/mol. The van der Waals surface area contributed by atoms with Crippen LogP contribution in [0.5, 0.6) is 0 Å². The van der Waals surface area contributed by atoms with Gasteiger partial charge < -0.3 is 9.47 Å². The highest BCUT2D eigenvalue weighted by Crippen LogP contribution is 2.45. The normalized spacial score (nSPS) is 11.0. The van der Waals surface area contributed by atoms with E-state index in [0.29, 0.717) is 5.56 Å². The molecule has 0 unspecified atom stereocenters. The van der Waals surface area contributed by atoms with Crippen LogP contribution in [0.1, 0.15) is 5.56 Å². The summed E-state index contributed by atoms with van der Waals surface area (Å²) in [7, 11) is 0. The lowest BCUT2D eigenvalue weighted by Gasteiger charge is -2.28. The molecule has 0 aliphatic heterocycles. The van der Waals surface area contributed by atoms with E-state index in [1.54, 1.807) is 0 Å². The number of anilines is 3. The molecule has 1 aromatic heterocycles. The molecule has 0 amide bonds. The van der Waals surface area contributed by atoms with Gasteiger partial charge in [0, 0.05) is 33.4 Å². The molecule has 0 aliphatic carbocycles. The first-order valence-corrected chi connectivity index (χ1v) is 13.4. The van der Waals surface area contributed by atoms with E-state index in [1.807, 2.05) is 30.3 Å². The minimum atomic E-state index is 0.640. The summed E-state index contributed by atoms with van der Waals surface area (Å²) in [6, 6.07) is 54.9. The van der Waals surface area contributed by atoms with E-state index in [4.69, 9.17) is 0 Å². The number of nitrogens with zero attached hydrogens (tertiary/aromatic N) is 3. The Balaban J connectivity index is 1.60. The molecule has 0 radical (unpaired) electrons. The predicted molar refractivity (Wildman–Crippen MR) is 166 cm³/mol. The van der Waals surface area contributed by atoms with Gasteiger partial charge in [0.2, 0.25) is 0 Å². The van der Waals surface area contributed by atoms with E-state index in [9.17, 15) is 5.26 Å². The molecule has 3 heteroatoms. The lowest BCUT2D eigenvalue weighted by Crippen LogP contribution is -2.11. The van der Waals surface area contributed by atoms with Crippen molar-refractivity contribution in [1.82, 2.24) is 4.57 Å². The van der Waals surface area contributed by atoms with E-state index in [-0.39, 0.29) is 0 Å². The van der Waals surface area contributed by atoms with Gasteiger partial charge in [-0.2, -0.15) is 5.26 Å². The van der Waals surface area contributed by atoms with Crippen molar-refractivity contribution in [2.24, 2.45) is 0 Å².